The molecule has 1 N–H and O–H groups in total. The van der Waals surface area contributed by atoms with E-state index in [0.717, 1.165) is 17.7 Å². The predicted molar refractivity (Wildman–Crippen MR) is 83.0 cm³/mol. The van der Waals surface area contributed by atoms with Crippen LogP contribution in [-0.4, -0.2) is 65.6 Å². The molecule has 2 aliphatic rings. The van der Waals surface area contributed by atoms with Crippen LogP contribution in [0.2, 0.25) is 0 Å². The number of carbonyl (C=O) groups is 2. The molecule has 22 heavy (non-hydrogen) atoms. The second kappa shape index (κ2) is 6.62. The molecule has 0 spiro atoms. The molecule has 7 nitrogen and oxygen atoms in total. The van der Waals surface area contributed by atoms with Gasteiger partial charge in [-0.1, -0.05) is 0 Å². The van der Waals surface area contributed by atoms with E-state index < -0.39 is 0 Å². The molecule has 3 rings (SSSR count). The average molecular weight is 324 g/mol. The lowest BCUT2D eigenvalue weighted by Gasteiger charge is -2.35. The number of aryl methyl sites for hydroxylation is 1. The van der Waals surface area contributed by atoms with E-state index in [2.05, 4.69) is 10.3 Å². The van der Waals surface area contributed by atoms with Gasteiger partial charge in [0, 0.05) is 43.9 Å². The Balaban J connectivity index is 1.48. The first kappa shape index (κ1) is 15.2. The van der Waals surface area contributed by atoms with Crippen LogP contribution in [0, 0.1) is 6.92 Å². The quantitative estimate of drug-likeness (QED) is 0.890. The van der Waals surface area contributed by atoms with Crippen molar-refractivity contribution in [2.75, 3.05) is 38.1 Å². The summed E-state index contributed by atoms with van der Waals surface area (Å²) < 4.78 is 5.43. The molecule has 0 radical (unpaired) electrons. The van der Waals surface area contributed by atoms with Gasteiger partial charge in [-0.15, -0.1) is 11.3 Å². The first-order valence-electron chi connectivity index (χ1n) is 7.52. The maximum Gasteiger partial charge on any atom is 0.323 e. The minimum absolute atomic E-state index is 0.0631. The summed E-state index contributed by atoms with van der Waals surface area (Å²) in [7, 11) is 0. The highest BCUT2D eigenvalue weighted by Crippen LogP contribution is 2.18. The van der Waals surface area contributed by atoms with Crippen molar-refractivity contribution in [1.29, 1.82) is 0 Å². The standard InChI is InChI=1S/C14H20N4O3S/c1-10-9-15-13(22-10)16-14(20)18-6-4-17(5-7-18)12(19)11-3-2-8-21-11/h9,11H,2-8H2,1H3,(H,15,16,20)/t11-/m0/s1. The molecular weight excluding hydrogens is 304 g/mol. The summed E-state index contributed by atoms with van der Waals surface area (Å²) in [4.78, 5) is 33.1. The van der Waals surface area contributed by atoms with Gasteiger partial charge in [-0.25, -0.2) is 9.78 Å². The van der Waals surface area contributed by atoms with Crippen LogP contribution in [0.4, 0.5) is 9.93 Å². The Morgan fingerprint density at radius 1 is 1.32 bits per heavy atom. The minimum Gasteiger partial charge on any atom is -0.368 e. The van der Waals surface area contributed by atoms with Crippen LogP contribution in [0.5, 0.6) is 0 Å². The van der Waals surface area contributed by atoms with E-state index in [1.165, 1.54) is 11.3 Å². The van der Waals surface area contributed by atoms with E-state index in [-0.39, 0.29) is 18.0 Å². The summed E-state index contributed by atoms with van der Waals surface area (Å²) in [6.07, 6.45) is 3.21. The van der Waals surface area contributed by atoms with Crippen molar-refractivity contribution < 1.29 is 14.3 Å². The minimum atomic E-state index is -0.279. The normalized spacial score (nSPS) is 22.0. The fourth-order valence-electron chi connectivity index (χ4n) is 2.69. The fraction of sp³-hybridized carbons (Fsp3) is 0.643. The molecule has 3 heterocycles. The number of hydrogen-bond donors (Lipinski definition) is 1. The van der Waals surface area contributed by atoms with Crippen molar-refractivity contribution in [3.63, 3.8) is 0 Å². The van der Waals surface area contributed by atoms with Crippen LogP contribution in [0.1, 0.15) is 17.7 Å². The molecule has 0 unspecified atom stereocenters. The first-order valence-corrected chi connectivity index (χ1v) is 8.34. The Labute approximate surface area is 133 Å². The lowest BCUT2D eigenvalue weighted by molar-refractivity contribution is -0.142. The van der Waals surface area contributed by atoms with Crippen LogP contribution in [0.15, 0.2) is 6.20 Å². The van der Waals surface area contributed by atoms with E-state index in [1.807, 2.05) is 6.92 Å². The van der Waals surface area contributed by atoms with Gasteiger partial charge in [-0.2, -0.15) is 0 Å². The highest BCUT2D eigenvalue weighted by atomic mass is 32.1. The number of thiazole rings is 1. The lowest BCUT2D eigenvalue weighted by atomic mass is 10.2. The van der Waals surface area contributed by atoms with E-state index in [0.29, 0.717) is 37.9 Å². The molecule has 0 saturated carbocycles. The van der Waals surface area contributed by atoms with Crippen molar-refractivity contribution >= 4 is 28.4 Å². The largest absolute Gasteiger partial charge is 0.368 e. The van der Waals surface area contributed by atoms with Crippen LogP contribution >= 0.6 is 11.3 Å². The zero-order valence-corrected chi connectivity index (χ0v) is 13.4. The van der Waals surface area contributed by atoms with Crippen molar-refractivity contribution in [2.45, 2.75) is 25.9 Å². The van der Waals surface area contributed by atoms with Crippen LogP contribution in [0.25, 0.3) is 0 Å². The summed E-state index contributed by atoms with van der Waals surface area (Å²) in [5.74, 6) is 0.0631. The van der Waals surface area contributed by atoms with Gasteiger partial charge in [0.25, 0.3) is 5.91 Å². The maximum atomic E-state index is 12.2. The molecular formula is C14H20N4O3S. The zero-order chi connectivity index (χ0) is 15.5. The third-order valence-electron chi connectivity index (χ3n) is 3.92. The summed E-state index contributed by atoms with van der Waals surface area (Å²) in [5.41, 5.74) is 0. The van der Waals surface area contributed by atoms with Gasteiger partial charge in [-0.3, -0.25) is 10.1 Å². The Kier molecular flexibility index (Phi) is 4.58. The molecule has 2 aliphatic heterocycles. The monoisotopic (exact) mass is 324 g/mol. The van der Waals surface area contributed by atoms with Crippen molar-refractivity contribution in [3.8, 4) is 0 Å². The number of aromatic nitrogens is 1. The van der Waals surface area contributed by atoms with Gasteiger partial charge in [0.05, 0.1) is 0 Å². The van der Waals surface area contributed by atoms with Crippen LogP contribution < -0.4 is 5.32 Å². The van der Waals surface area contributed by atoms with Gasteiger partial charge < -0.3 is 14.5 Å². The average Bonchev–Trinajstić information content (AvgIpc) is 3.18. The molecule has 1 atom stereocenters. The molecule has 0 aliphatic carbocycles. The number of urea groups is 1. The van der Waals surface area contributed by atoms with Gasteiger partial charge in [0.1, 0.15) is 6.10 Å². The van der Waals surface area contributed by atoms with Gasteiger partial charge in [-0.05, 0) is 19.8 Å². The Morgan fingerprint density at radius 2 is 2.05 bits per heavy atom. The molecule has 8 heteroatoms. The van der Waals surface area contributed by atoms with Crippen molar-refractivity contribution in [3.05, 3.63) is 11.1 Å². The molecule has 0 bridgehead atoms. The highest BCUT2D eigenvalue weighted by Gasteiger charge is 2.31. The molecule has 0 aromatic carbocycles. The third-order valence-corrected chi connectivity index (χ3v) is 4.75. The number of rotatable bonds is 2. The SMILES string of the molecule is Cc1cnc(NC(=O)N2CCN(C(=O)[C@@H]3CCCO3)CC2)s1. The highest BCUT2D eigenvalue weighted by molar-refractivity contribution is 7.15. The van der Waals surface area contributed by atoms with E-state index in [4.69, 9.17) is 4.74 Å². The number of anilines is 1. The number of hydrogen-bond acceptors (Lipinski definition) is 5. The summed E-state index contributed by atoms with van der Waals surface area (Å²) in [6, 6.07) is -0.154. The number of piperazine rings is 1. The van der Waals surface area contributed by atoms with Crippen molar-refractivity contribution in [2.24, 2.45) is 0 Å². The second-order valence-corrected chi connectivity index (χ2v) is 6.75. The number of ether oxygens (including phenoxy) is 1. The Bertz CT molecular complexity index is 548. The molecule has 3 amide bonds. The number of carbonyl (C=O) groups excluding carboxylic acids is 2. The maximum absolute atomic E-state index is 12.2. The first-order chi connectivity index (χ1) is 10.6. The van der Waals surface area contributed by atoms with Gasteiger partial charge >= 0.3 is 6.03 Å². The molecule has 2 saturated heterocycles. The molecule has 120 valence electrons. The van der Waals surface area contributed by atoms with E-state index in [9.17, 15) is 9.59 Å². The molecule has 2 fully saturated rings. The van der Waals surface area contributed by atoms with Gasteiger partial charge in [0.15, 0.2) is 5.13 Å². The summed E-state index contributed by atoms with van der Waals surface area (Å²) in [6.45, 7) is 4.81. The number of nitrogens with zero attached hydrogens (tertiary/aromatic N) is 3. The second-order valence-electron chi connectivity index (χ2n) is 5.52. The smallest absolute Gasteiger partial charge is 0.323 e. The Hall–Kier alpha value is -1.67. The third kappa shape index (κ3) is 3.38. The number of nitrogens with one attached hydrogen (secondary N) is 1. The van der Waals surface area contributed by atoms with Crippen LogP contribution in [-0.2, 0) is 9.53 Å². The van der Waals surface area contributed by atoms with E-state index in [1.54, 1.807) is 16.0 Å². The summed E-state index contributed by atoms with van der Waals surface area (Å²) in [5, 5.41) is 3.41. The molecule has 1 aromatic rings. The van der Waals surface area contributed by atoms with Crippen LogP contribution in [0.3, 0.4) is 0 Å². The molecule has 1 aromatic heterocycles. The fourth-order valence-corrected chi connectivity index (χ4v) is 3.34. The van der Waals surface area contributed by atoms with Crippen molar-refractivity contribution in [1.82, 2.24) is 14.8 Å². The zero-order valence-electron chi connectivity index (χ0n) is 12.6. The van der Waals surface area contributed by atoms with Gasteiger partial charge in [0.2, 0.25) is 0 Å². The Morgan fingerprint density at radius 3 is 2.64 bits per heavy atom. The van der Waals surface area contributed by atoms with E-state index >= 15 is 0 Å². The summed E-state index contributed by atoms with van der Waals surface area (Å²) >= 11 is 1.45. The topological polar surface area (TPSA) is 74.8 Å². The number of amides is 3. The predicted octanol–water partition coefficient (Wildman–Crippen LogP) is 1.31. The lowest BCUT2D eigenvalue weighted by Crippen LogP contribution is -2.53.